The highest BCUT2D eigenvalue weighted by atomic mass is 35.5. The molecular weight excluding hydrogens is 305 g/mol. The van der Waals surface area contributed by atoms with E-state index in [1.165, 1.54) is 30.3 Å². The number of anilines is 1. The van der Waals surface area contributed by atoms with Gasteiger partial charge in [-0.25, -0.2) is 8.78 Å². The van der Waals surface area contributed by atoms with Crippen molar-refractivity contribution in [3.63, 3.8) is 0 Å². The SMILES string of the molecule is NCC(Nc1cc(F)ccc1Cl)c1ccc(Cl)c(F)c1. The maximum atomic E-state index is 13.5. The minimum atomic E-state index is -0.533. The topological polar surface area (TPSA) is 38.0 Å². The molecule has 0 radical (unpaired) electrons. The summed E-state index contributed by atoms with van der Waals surface area (Å²) in [5.74, 6) is -0.954. The third-order valence-corrected chi connectivity index (χ3v) is 3.48. The molecule has 3 N–H and O–H groups in total. The second-order valence-corrected chi connectivity index (χ2v) is 5.04. The Kier molecular flexibility index (Phi) is 4.81. The lowest BCUT2D eigenvalue weighted by atomic mass is 10.1. The van der Waals surface area contributed by atoms with E-state index in [1.54, 1.807) is 6.07 Å². The summed E-state index contributed by atoms with van der Waals surface area (Å²) < 4.78 is 26.7. The van der Waals surface area contributed by atoms with Crippen LogP contribution in [0.25, 0.3) is 0 Å². The first-order valence-electron chi connectivity index (χ1n) is 5.88. The molecule has 2 aromatic carbocycles. The third-order valence-electron chi connectivity index (χ3n) is 2.84. The van der Waals surface area contributed by atoms with Crippen molar-refractivity contribution in [3.05, 3.63) is 63.6 Å². The second-order valence-electron chi connectivity index (χ2n) is 4.23. The minimum Gasteiger partial charge on any atom is -0.376 e. The van der Waals surface area contributed by atoms with E-state index in [-0.39, 0.29) is 11.6 Å². The first-order valence-corrected chi connectivity index (χ1v) is 6.63. The summed E-state index contributed by atoms with van der Waals surface area (Å²) in [6.45, 7) is 0.188. The molecule has 2 rings (SSSR count). The van der Waals surface area contributed by atoms with Gasteiger partial charge in [0, 0.05) is 6.54 Å². The number of nitrogens with two attached hydrogens (primary N) is 1. The van der Waals surface area contributed by atoms with Crippen molar-refractivity contribution in [1.29, 1.82) is 0 Å². The molecule has 0 aliphatic rings. The quantitative estimate of drug-likeness (QED) is 0.878. The van der Waals surface area contributed by atoms with E-state index in [0.717, 1.165) is 0 Å². The van der Waals surface area contributed by atoms with Gasteiger partial charge in [0.1, 0.15) is 11.6 Å². The van der Waals surface area contributed by atoms with Crippen LogP contribution in [0.2, 0.25) is 10.0 Å². The predicted octanol–water partition coefficient (Wildman–Crippen LogP) is 4.38. The maximum Gasteiger partial charge on any atom is 0.142 e. The van der Waals surface area contributed by atoms with Crippen LogP contribution in [0.1, 0.15) is 11.6 Å². The maximum absolute atomic E-state index is 13.5. The van der Waals surface area contributed by atoms with Crippen LogP contribution in [0, 0.1) is 11.6 Å². The van der Waals surface area contributed by atoms with Crippen LogP contribution in [0.3, 0.4) is 0 Å². The fourth-order valence-corrected chi connectivity index (χ4v) is 2.09. The number of hydrogen-bond acceptors (Lipinski definition) is 2. The average Bonchev–Trinajstić information content (AvgIpc) is 2.43. The Morgan fingerprint density at radius 1 is 1.05 bits per heavy atom. The van der Waals surface area contributed by atoms with Gasteiger partial charge in [-0.2, -0.15) is 0 Å². The summed E-state index contributed by atoms with van der Waals surface area (Å²) in [4.78, 5) is 0. The Morgan fingerprint density at radius 2 is 1.75 bits per heavy atom. The zero-order chi connectivity index (χ0) is 14.7. The van der Waals surface area contributed by atoms with E-state index in [2.05, 4.69) is 5.32 Å². The van der Waals surface area contributed by atoms with Crippen molar-refractivity contribution in [3.8, 4) is 0 Å². The fraction of sp³-hybridized carbons (Fsp3) is 0.143. The van der Waals surface area contributed by atoms with Gasteiger partial charge >= 0.3 is 0 Å². The van der Waals surface area contributed by atoms with Gasteiger partial charge in [-0.3, -0.25) is 0 Å². The summed E-state index contributed by atoms with van der Waals surface area (Å²) in [6.07, 6.45) is 0. The molecule has 0 fully saturated rings. The van der Waals surface area contributed by atoms with E-state index in [9.17, 15) is 8.78 Å². The monoisotopic (exact) mass is 316 g/mol. The Morgan fingerprint density at radius 3 is 2.40 bits per heavy atom. The molecule has 6 heteroatoms. The van der Waals surface area contributed by atoms with Gasteiger partial charge in [0.05, 0.1) is 21.8 Å². The summed E-state index contributed by atoms with van der Waals surface area (Å²) >= 11 is 11.6. The van der Waals surface area contributed by atoms with Gasteiger partial charge in [-0.15, -0.1) is 0 Å². The number of hydrogen-bond donors (Lipinski definition) is 2. The number of benzene rings is 2. The lowest BCUT2D eigenvalue weighted by molar-refractivity contribution is 0.621. The molecule has 0 heterocycles. The van der Waals surface area contributed by atoms with Crippen LogP contribution < -0.4 is 11.1 Å². The van der Waals surface area contributed by atoms with Crippen LogP contribution in [-0.2, 0) is 0 Å². The molecule has 1 atom stereocenters. The molecule has 0 saturated heterocycles. The van der Waals surface area contributed by atoms with E-state index in [1.807, 2.05) is 0 Å². The summed E-state index contributed by atoms with van der Waals surface area (Å²) in [5.41, 5.74) is 6.68. The van der Waals surface area contributed by atoms with Crippen LogP contribution in [-0.4, -0.2) is 6.54 Å². The van der Waals surface area contributed by atoms with E-state index >= 15 is 0 Å². The van der Waals surface area contributed by atoms with Crippen molar-refractivity contribution in [2.45, 2.75) is 6.04 Å². The summed E-state index contributed by atoms with van der Waals surface area (Å²) in [5, 5.41) is 3.39. The van der Waals surface area contributed by atoms with Gasteiger partial charge in [0.15, 0.2) is 0 Å². The van der Waals surface area contributed by atoms with Crippen molar-refractivity contribution in [2.24, 2.45) is 5.73 Å². The highest BCUT2D eigenvalue weighted by Crippen LogP contribution is 2.28. The Labute approximate surface area is 125 Å². The first-order chi connectivity index (χ1) is 9.51. The van der Waals surface area contributed by atoms with Crippen LogP contribution in [0.4, 0.5) is 14.5 Å². The van der Waals surface area contributed by atoms with E-state index in [0.29, 0.717) is 16.3 Å². The van der Waals surface area contributed by atoms with Crippen LogP contribution >= 0.6 is 23.2 Å². The molecule has 0 bridgehead atoms. The lowest BCUT2D eigenvalue weighted by Crippen LogP contribution is -2.21. The summed E-state index contributed by atoms with van der Waals surface area (Å²) in [6, 6.07) is 7.95. The van der Waals surface area contributed by atoms with Gasteiger partial charge in [-0.1, -0.05) is 29.3 Å². The standard InChI is InChI=1S/C14H12Cl2F2N2/c15-10-3-1-8(5-12(10)18)14(7-19)20-13-6-9(17)2-4-11(13)16/h1-6,14,20H,7,19H2. The molecule has 20 heavy (non-hydrogen) atoms. The lowest BCUT2D eigenvalue weighted by Gasteiger charge is -2.19. The molecule has 0 aliphatic carbocycles. The highest BCUT2D eigenvalue weighted by molar-refractivity contribution is 6.33. The fourth-order valence-electron chi connectivity index (χ4n) is 1.80. The van der Waals surface area contributed by atoms with Crippen LogP contribution in [0.15, 0.2) is 36.4 Å². The first kappa shape index (κ1) is 15.0. The molecule has 2 nitrogen and oxygen atoms in total. The summed E-state index contributed by atoms with van der Waals surface area (Å²) in [7, 11) is 0. The Balaban J connectivity index is 2.28. The zero-order valence-corrected chi connectivity index (χ0v) is 11.8. The normalized spacial score (nSPS) is 12.2. The molecule has 0 aliphatic heterocycles. The van der Waals surface area contributed by atoms with Crippen molar-refractivity contribution in [2.75, 3.05) is 11.9 Å². The average molecular weight is 317 g/mol. The molecular formula is C14H12Cl2F2N2. The number of nitrogens with one attached hydrogen (secondary N) is 1. The van der Waals surface area contributed by atoms with Gasteiger partial charge < -0.3 is 11.1 Å². The molecule has 0 saturated carbocycles. The molecule has 2 aromatic rings. The molecule has 0 spiro atoms. The van der Waals surface area contributed by atoms with E-state index in [4.69, 9.17) is 28.9 Å². The molecule has 0 aromatic heterocycles. The minimum absolute atomic E-state index is 0.0355. The van der Waals surface area contributed by atoms with Crippen molar-refractivity contribution < 1.29 is 8.78 Å². The van der Waals surface area contributed by atoms with Gasteiger partial charge in [0.2, 0.25) is 0 Å². The van der Waals surface area contributed by atoms with Gasteiger partial charge in [-0.05, 0) is 35.9 Å². The Bertz CT molecular complexity index is 620. The largest absolute Gasteiger partial charge is 0.376 e. The molecule has 106 valence electrons. The van der Waals surface area contributed by atoms with Crippen molar-refractivity contribution >= 4 is 28.9 Å². The number of halogens is 4. The van der Waals surface area contributed by atoms with Gasteiger partial charge in [0.25, 0.3) is 0 Å². The van der Waals surface area contributed by atoms with Crippen LogP contribution in [0.5, 0.6) is 0 Å². The third kappa shape index (κ3) is 3.39. The smallest absolute Gasteiger partial charge is 0.142 e. The van der Waals surface area contributed by atoms with E-state index < -0.39 is 17.7 Å². The highest BCUT2D eigenvalue weighted by Gasteiger charge is 2.13. The molecule has 0 amide bonds. The molecule has 1 unspecified atom stereocenters. The zero-order valence-electron chi connectivity index (χ0n) is 10.3. The predicted molar refractivity (Wildman–Crippen MR) is 78.2 cm³/mol. The Hall–Kier alpha value is -1.36. The number of rotatable bonds is 4. The van der Waals surface area contributed by atoms with Crippen molar-refractivity contribution in [1.82, 2.24) is 0 Å². The second kappa shape index (κ2) is 6.39.